The van der Waals surface area contributed by atoms with Gasteiger partial charge < -0.3 is 10.0 Å². The van der Waals surface area contributed by atoms with Crippen molar-refractivity contribution in [3.63, 3.8) is 0 Å². The molecule has 0 bridgehead atoms. The summed E-state index contributed by atoms with van der Waals surface area (Å²) in [7, 11) is -4.34. The average Bonchev–Trinajstić information content (AvgIpc) is 3.74. The molecule has 3 aromatic rings. The summed E-state index contributed by atoms with van der Waals surface area (Å²) >= 11 is 12.6. The van der Waals surface area contributed by atoms with E-state index in [1.165, 1.54) is 4.90 Å². The van der Waals surface area contributed by atoms with Crippen LogP contribution >= 0.6 is 23.2 Å². The number of carboxylic acid groups (broad SMARTS) is 1. The molecule has 42 heavy (non-hydrogen) atoms. The van der Waals surface area contributed by atoms with Gasteiger partial charge in [0.2, 0.25) is 5.91 Å². The van der Waals surface area contributed by atoms with E-state index in [1.54, 1.807) is 49.4 Å². The molecule has 3 aromatic carbocycles. The highest BCUT2D eigenvalue weighted by Gasteiger charge is 2.55. The van der Waals surface area contributed by atoms with E-state index in [9.17, 15) is 31.9 Å². The number of carbonyl (C=O) groups is 2. The Balaban J connectivity index is 1.69. The lowest BCUT2D eigenvalue weighted by Crippen LogP contribution is -2.58. The summed E-state index contributed by atoms with van der Waals surface area (Å²) in [6.07, 6.45) is 0.976. The fourth-order valence-corrected chi connectivity index (χ4v) is 8.23. The molecule has 5 rings (SSSR count). The average molecular weight is 637 g/mol. The van der Waals surface area contributed by atoms with Gasteiger partial charge in [-0.05, 0) is 72.7 Å². The van der Waals surface area contributed by atoms with Crippen LogP contribution in [0.5, 0.6) is 0 Å². The Morgan fingerprint density at radius 1 is 1.02 bits per heavy atom. The highest BCUT2D eigenvalue weighted by atomic mass is 35.5. The zero-order valence-corrected chi connectivity index (χ0v) is 25.0. The Hall–Kier alpha value is -3.01. The van der Waals surface area contributed by atoms with Gasteiger partial charge in [0.15, 0.2) is 9.84 Å². The molecule has 1 amide bonds. The SMILES string of the molecule is C[C@]1(CC(=O)O)CC(c2cccc(Cl)c2)[C@@H](c2ccc(Cl)cc2)N([C@H](CS(=O)(=O)c2ccc(F)cc2F)C2CC2)C1=O. The van der Waals surface area contributed by atoms with E-state index in [0.29, 0.717) is 34.5 Å². The number of piperidine rings is 1. The summed E-state index contributed by atoms with van der Waals surface area (Å²) in [5.74, 6) is -5.06. The monoisotopic (exact) mass is 635 g/mol. The van der Waals surface area contributed by atoms with Crippen molar-refractivity contribution >= 4 is 44.9 Å². The highest BCUT2D eigenvalue weighted by Crippen LogP contribution is 2.54. The van der Waals surface area contributed by atoms with Crippen molar-refractivity contribution in [3.8, 4) is 0 Å². The molecule has 4 atom stereocenters. The fraction of sp³-hybridized carbons (Fsp3) is 0.355. The molecular weight excluding hydrogens is 607 g/mol. The Morgan fingerprint density at radius 2 is 1.71 bits per heavy atom. The van der Waals surface area contributed by atoms with E-state index < -0.39 is 73.8 Å². The largest absolute Gasteiger partial charge is 0.481 e. The van der Waals surface area contributed by atoms with Gasteiger partial charge in [0.1, 0.15) is 16.5 Å². The van der Waals surface area contributed by atoms with Crippen LogP contribution in [-0.2, 0) is 19.4 Å². The number of carboxylic acids is 1. The van der Waals surface area contributed by atoms with Gasteiger partial charge >= 0.3 is 5.97 Å². The Kier molecular flexibility index (Phi) is 8.40. The minimum atomic E-state index is -4.34. The minimum absolute atomic E-state index is 0.166. The lowest BCUT2D eigenvalue weighted by molar-refractivity contribution is -0.160. The number of halogens is 4. The number of amides is 1. The number of likely N-dealkylation sites (tertiary alicyclic amines) is 1. The number of benzene rings is 3. The fourth-order valence-electron chi connectivity index (χ4n) is 6.21. The van der Waals surface area contributed by atoms with Crippen LogP contribution in [0.25, 0.3) is 0 Å². The molecule has 2 aliphatic rings. The summed E-state index contributed by atoms with van der Waals surface area (Å²) in [5, 5.41) is 10.7. The van der Waals surface area contributed by atoms with Crippen LogP contribution in [-0.4, -0.2) is 42.1 Å². The third-order valence-electron chi connectivity index (χ3n) is 8.27. The number of aliphatic carboxylic acids is 1. The topological polar surface area (TPSA) is 91.8 Å². The van der Waals surface area contributed by atoms with E-state index >= 15 is 0 Å². The van der Waals surface area contributed by atoms with Crippen molar-refractivity contribution in [1.82, 2.24) is 4.90 Å². The van der Waals surface area contributed by atoms with Gasteiger partial charge in [-0.25, -0.2) is 17.2 Å². The zero-order chi connectivity index (χ0) is 30.4. The lowest BCUT2D eigenvalue weighted by atomic mass is 9.67. The number of rotatable bonds is 9. The molecule has 1 aliphatic carbocycles. The summed E-state index contributed by atoms with van der Waals surface area (Å²) < 4.78 is 55.6. The van der Waals surface area contributed by atoms with E-state index in [2.05, 4.69) is 0 Å². The maximum absolute atomic E-state index is 14.7. The van der Waals surface area contributed by atoms with Gasteiger partial charge in [0.05, 0.1) is 23.6 Å². The summed E-state index contributed by atoms with van der Waals surface area (Å²) in [6.45, 7) is 1.59. The van der Waals surface area contributed by atoms with Crippen LogP contribution in [0.15, 0.2) is 71.6 Å². The minimum Gasteiger partial charge on any atom is -0.481 e. The number of nitrogens with zero attached hydrogens (tertiary/aromatic N) is 1. The molecule has 222 valence electrons. The van der Waals surface area contributed by atoms with Crippen LogP contribution < -0.4 is 0 Å². The van der Waals surface area contributed by atoms with E-state index in [-0.39, 0.29) is 12.3 Å². The molecule has 1 heterocycles. The van der Waals surface area contributed by atoms with Gasteiger partial charge in [-0.15, -0.1) is 0 Å². The first-order valence-corrected chi connectivity index (χ1v) is 15.9. The van der Waals surface area contributed by atoms with Crippen LogP contribution in [0.2, 0.25) is 10.0 Å². The van der Waals surface area contributed by atoms with E-state index in [1.807, 2.05) is 6.07 Å². The lowest BCUT2D eigenvalue weighted by Gasteiger charge is -2.52. The Labute approximate surface area is 253 Å². The Bertz CT molecular complexity index is 1630. The number of hydrogen-bond donors (Lipinski definition) is 1. The summed E-state index contributed by atoms with van der Waals surface area (Å²) in [6, 6.07) is 14.7. The first kappa shape index (κ1) is 30.4. The van der Waals surface area contributed by atoms with Gasteiger partial charge in [0, 0.05) is 28.1 Å². The van der Waals surface area contributed by atoms with Crippen LogP contribution in [0, 0.1) is 23.0 Å². The standard InChI is InChI=1S/C31H29Cl2F2NO5S/c1-31(16-28(37)38)15-24(20-3-2-4-22(33)13-20)29(19-7-9-21(32)10-8-19)36(30(31)39)26(18-5-6-18)17-42(40,41)27-12-11-23(34)14-25(27)35/h2-4,7-14,18,24,26,29H,5-6,15-17H2,1H3,(H,37,38)/t24?,26-,29-,31-/m1/s1. The predicted molar refractivity (Wildman–Crippen MR) is 155 cm³/mol. The number of hydrogen-bond acceptors (Lipinski definition) is 4. The molecule has 0 aromatic heterocycles. The summed E-state index contributed by atoms with van der Waals surface area (Å²) in [5.41, 5.74) is 0.0735. The van der Waals surface area contributed by atoms with Crippen LogP contribution in [0.3, 0.4) is 0 Å². The second-order valence-electron chi connectivity index (χ2n) is 11.5. The highest BCUT2D eigenvalue weighted by molar-refractivity contribution is 7.91. The van der Waals surface area contributed by atoms with Crippen molar-refractivity contribution in [3.05, 3.63) is 99.5 Å². The second kappa shape index (κ2) is 11.6. The molecule has 2 fully saturated rings. The maximum atomic E-state index is 14.7. The van der Waals surface area contributed by atoms with Crippen LogP contribution in [0.1, 0.15) is 55.7 Å². The molecule has 1 N–H and O–H groups in total. The van der Waals surface area contributed by atoms with Crippen molar-refractivity contribution in [2.45, 2.75) is 55.5 Å². The van der Waals surface area contributed by atoms with Gasteiger partial charge in [-0.2, -0.15) is 0 Å². The Morgan fingerprint density at radius 3 is 2.31 bits per heavy atom. The number of sulfone groups is 1. The molecule has 0 radical (unpaired) electrons. The first-order chi connectivity index (χ1) is 19.8. The smallest absolute Gasteiger partial charge is 0.304 e. The van der Waals surface area contributed by atoms with Crippen molar-refractivity contribution in [1.29, 1.82) is 0 Å². The second-order valence-corrected chi connectivity index (χ2v) is 14.3. The first-order valence-electron chi connectivity index (χ1n) is 13.5. The third-order valence-corrected chi connectivity index (χ3v) is 10.5. The molecule has 6 nitrogen and oxygen atoms in total. The van der Waals surface area contributed by atoms with Crippen LogP contribution in [0.4, 0.5) is 8.78 Å². The number of carbonyl (C=O) groups excluding carboxylic acids is 1. The third kappa shape index (κ3) is 6.19. The van der Waals surface area contributed by atoms with Gasteiger partial charge in [0.25, 0.3) is 0 Å². The van der Waals surface area contributed by atoms with Gasteiger partial charge in [-0.1, -0.05) is 54.4 Å². The summed E-state index contributed by atoms with van der Waals surface area (Å²) in [4.78, 5) is 27.4. The molecule has 1 unspecified atom stereocenters. The van der Waals surface area contributed by atoms with Crippen molar-refractivity contribution in [2.75, 3.05) is 5.75 Å². The van der Waals surface area contributed by atoms with Crippen molar-refractivity contribution in [2.24, 2.45) is 11.3 Å². The predicted octanol–water partition coefficient (Wildman–Crippen LogP) is 7.06. The quantitative estimate of drug-likeness (QED) is 0.254. The molecule has 1 aliphatic heterocycles. The maximum Gasteiger partial charge on any atom is 0.304 e. The van der Waals surface area contributed by atoms with Gasteiger partial charge in [-0.3, -0.25) is 9.59 Å². The normalized spacial score (nSPS) is 23.5. The molecule has 1 saturated carbocycles. The molecule has 0 spiro atoms. The molecule has 11 heteroatoms. The zero-order valence-electron chi connectivity index (χ0n) is 22.6. The molecular formula is C31H29Cl2F2NO5S. The van der Waals surface area contributed by atoms with Crippen molar-refractivity contribution < 1.29 is 31.9 Å². The molecule has 1 saturated heterocycles. The van der Waals surface area contributed by atoms with E-state index in [4.69, 9.17) is 23.2 Å². The van der Waals surface area contributed by atoms with E-state index in [0.717, 1.165) is 17.7 Å².